The van der Waals surface area contributed by atoms with E-state index in [0.29, 0.717) is 31.1 Å². The van der Waals surface area contributed by atoms with E-state index in [1.54, 1.807) is 26.0 Å². The molecule has 0 aliphatic carbocycles. The molecule has 3 aliphatic heterocycles. The molecule has 3 aliphatic rings. The van der Waals surface area contributed by atoms with Gasteiger partial charge in [-0.3, -0.25) is 4.99 Å². The fraction of sp³-hybridized carbons (Fsp3) is 0.469. The van der Waals surface area contributed by atoms with Crippen LogP contribution in [-0.2, 0) is 11.1 Å². The van der Waals surface area contributed by atoms with Crippen molar-refractivity contribution in [2.24, 2.45) is 21.5 Å². The van der Waals surface area contributed by atoms with Crippen molar-refractivity contribution < 1.29 is 14.9 Å². The number of aliphatic hydroxyl groups is 2. The maximum atomic E-state index is 12.4. The Bertz CT molecular complexity index is 1330. The molecule has 2 aromatic rings. The topological polar surface area (TPSA) is 94.7 Å². The summed E-state index contributed by atoms with van der Waals surface area (Å²) in [6.07, 6.45) is 9.54. The standard InChI is InChI=1S/C32H38ClN3O4/c1-30(2,38)23-10-13-29-27(18-23)25(26-6-4-15-34-28(26)19-40-29)7-5-16-36-17-14-32(35-39,31(3,20-36)21-37)22-8-11-24(33)12-9-22/h4,6-13,15,18,26,28,37-38H,5,14,16-17,19-21H2,1-3H3/b25-7+. The van der Waals surface area contributed by atoms with Gasteiger partial charge in [-0.1, -0.05) is 54.1 Å². The lowest BCUT2D eigenvalue weighted by molar-refractivity contribution is -0.0253. The molecule has 1 fully saturated rings. The van der Waals surface area contributed by atoms with Gasteiger partial charge in [0.1, 0.15) is 17.9 Å². The lowest BCUT2D eigenvalue weighted by Crippen LogP contribution is -2.57. The number of likely N-dealkylation sites (tertiary alicyclic amines) is 1. The van der Waals surface area contributed by atoms with Crippen molar-refractivity contribution in [3.05, 3.63) is 87.3 Å². The molecule has 7 nitrogen and oxygen atoms in total. The van der Waals surface area contributed by atoms with Gasteiger partial charge in [0.15, 0.2) is 0 Å². The van der Waals surface area contributed by atoms with E-state index in [9.17, 15) is 15.1 Å². The lowest BCUT2D eigenvalue weighted by Gasteiger charge is -2.50. The van der Waals surface area contributed by atoms with Crippen LogP contribution in [0.15, 0.2) is 70.9 Å². The number of hydrogen-bond donors (Lipinski definition) is 2. The highest BCUT2D eigenvalue weighted by molar-refractivity contribution is 6.30. The third-order valence-corrected chi connectivity index (χ3v) is 9.11. The Morgan fingerprint density at radius 1 is 1.25 bits per heavy atom. The second-order valence-corrected chi connectivity index (χ2v) is 12.4. The summed E-state index contributed by atoms with van der Waals surface area (Å²) in [6, 6.07) is 13.1. The first-order chi connectivity index (χ1) is 19.1. The molecule has 2 N–H and O–H groups in total. The van der Waals surface area contributed by atoms with E-state index in [1.807, 2.05) is 49.5 Å². The molecule has 0 aromatic heterocycles. The zero-order chi connectivity index (χ0) is 28.5. The van der Waals surface area contributed by atoms with Crippen LogP contribution in [0.25, 0.3) is 5.57 Å². The van der Waals surface area contributed by atoms with Gasteiger partial charge in [-0.15, -0.1) is 4.91 Å². The maximum absolute atomic E-state index is 12.4. The van der Waals surface area contributed by atoms with Gasteiger partial charge in [-0.05, 0) is 73.7 Å². The molecule has 212 valence electrons. The molecule has 4 atom stereocenters. The summed E-state index contributed by atoms with van der Waals surface area (Å²) in [5, 5.41) is 25.5. The molecular formula is C32H38ClN3O4. The number of nitroso groups, excluding NO2 is 1. The predicted molar refractivity (Wildman–Crippen MR) is 160 cm³/mol. The Morgan fingerprint density at radius 3 is 2.73 bits per heavy atom. The van der Waals surface area contributed by atoms with Crippen LogP contribution in [0.1, 0.15) is 50.3 Å². The SMILES string of the molecule is CC(C)(O)c1ccc2c(c1)/C(=C/CCN1CCC(N=O)(c3ccc(Cl)cc3)C(C)(CO)C1)C1C=CC=NC1CO2. The number of hydrogen-bond acceptors (Lipinski definition) is 7. The lowest BCUT2D eigenvalue weighted by atomic mass is 9.63. The minimum absolute atomic E-state index is 0.0134. The highest BCUT2D eigenvalue weighted by atomic mass is 35.5. The molecule has 1 saturated heterocycles. The van der Waals surface area contributed by atoms with E-state index in [1.165, 1.54) is 0 Å². The molecule has 0 bridgehead atoms. The van der Waals surface area contributed by atoms with Gasteiger partial charge in [0.25, 0.3) is 0 Å². The zero-order valence-corrected chi connectivity index (χ0v) is 24.1. The normalized spacial score (nSPS) is 29.4. The van der Waals surface area contributed by atoms with Crippen LogP contribution in [0.4, 0.5) is 0 Å². The molecule has 5 rings (SSSR count). The van der Waals surface area contributed by atoms with E-state index in [2.05, 4.69) is 27.2 Å². The molecule has 0 radical (unpaired) electrons. The Labute approximate surface area is 241 Å². The number of dihydropyridines is 1. The fourth-order valence-electron chi connectivity index (χ4n) is 6.40. The number of piperidine rings is 1. The van der Waals surface area contributed by atoms with Gasteiger partial charge in [-0.25, -0.2) is 0 Å². The third-order valence-electron chi connectivity index (χ3n) is 8.86. The molecule has 4 unspecified atom stereocenters. The van der Waals surface area contributed by atoms with Crippen LogP contribution < -0.4 is 4.74 Å². The third kappa shape index (κ3) is 5.28. The molecule has 2 aromatic carbocycles. The van der Waals surface area contributed by atoms with Crippen molar-refractivity contribution in [2.75, 3.05) is 32.8 Å². The van der Waals surface area contributed by atoms with Crippen LogP contribution in [0, 0.1) is 16.2 Å². The number of rotatable bonds is 7. The van der Waals surface area contributed by atoms with Crippen molar-refractivity contribution in [2.45, 2.75) is 50.8 Å². The van der Waals surface area contributed by atoms with E-state index in [0.717, 1.165) is 41.0 Å². The Balaban J connectivity index is 1.40. The average molecular weight is 564 g/mol. The van der Waals surface area contributed by atoms with Crippen LogP contribution in [0.2, 0.25) is 5.02 Å². The van der Waals surface area contributed by atoms with Crippen LogP contribution >= 0.6 is 11.6 Å². The summed E-state index contributed by atoms with van der Waals surface area (Å²) in [5.41, 5.74) is 1.01. The molecule has 0 amide bonds. The first-order valence-corrected chi connectivity index (χ1v) is 14.3. The van der Waals surface area contributed by atoms with Crippen molar-refractivity contribution in [3.63, 3.8) is 0 Å². The fourth-order valence-corrected chi connectivity index (χ4v) is 6.52. The molecule has 0 saturated carbocycles. The van der Waals surface area contributed by atoms with Crippen LogP contribution in [0.3, 0.4) is 0 Å². The van der Waals surface area contributed by atoms with Crippen molar-refractivity contribution in [3.8, 4) is 5.75 Å². The largest absolute Gasteiger partial charge is 0.491 e. The minimum Gasteiger partial charge on any atom is -0.491 e. The number of fused-ring (bicyclic) bond motifs is 2. The minimum atomic E-state index is -1.02. The molecule has 8 heteroatoms. The Morgan fingerprint density at radius 2 is 2.02 bits per heavy atom. The number of allylic oxidation sites excluding steroid dienone is 1. The number of benzene rings is 2. The Hall–Kier alpha value is -2.84. The second kappa shape index (κ2) is 11.2. The van der Waals surface area contributed by atoms with Crippen molar-refractivity contribution >= 4 is 23.4 Å². The van der Waals surface area contributed by atoms with E-state index in [-0.39, 0.29) is 18.6 Å². The number of nitrogens with zero attached hydrogens (tertiary/aromatic N) is 3. The number of ether oxygens (including phenoxy) is 1. The van der Waals surface area contributed by atoms with Gasteiger partial charge in [0.2, 0.25) is 0 Å². The summed E-state index contributed by atoms with van der Waals surface area (Å²) in [5.74, 6) is 0.872. The summed E-state index contributed by atoms with van der Waals surface area (Å²) in [7, 11) is 0. The van der Waals surface area contributed by atoms with Crippen LogP contribution in [0.5, 0.6) is 5.75 Å². The van der Waals surface area contributed by atoms with Crippen LogP contribution in [-0.4, -0.2) is 60.2 Å². The van der Waals surface area contributed by atoms with E-state index in [4.69, 9.17) is 16.3 Å². The van der Waals surface area contributed by atoms with Gasteiger partial charge in [0, 0.05) is 47.8 Å². The maximum Gasteiger partial charge on any atom is 0.137 e. The monoisotopic (exact) mass is 563 g/mol. The summed E-state index contributed by atoms with van der Waals surface area (Å²) in [4.78, 5) is 19.4. The zero-order valence-electron chi connectivity index (χ0n) is 23.4. The highest BCUT2D eigenvalue weighted by Crippen LogP contribution is 2.49. The first kappa shape index (κ1) is 28.7. The van der Waals surface area contributed by atoms with Gasteiger partial charge in [-0.2, -0.15) is 0 Å². The molecular weight excluding hydrogens is 526 g/mol. The van der Waals surface area contributed by atoms with Crippen molar-refractivity contribution in [1.82, 2.24) is 4.90 Å². The smallest absolute Gasteiger partial charge is 0.137 e. The highest BCUT2D eigenvalue weighted by Gasteiger charge is 2.54. The van der Waals surface area contributed by atoms with Gasteiger partial charge >= 0.3 is 0 Å². The summed E-state index contributed by atoms with van der Waals surface area (Å²) < 4.78 is 6.18. The number of halogens is 1. The van der Waals surface area contributed by atoms with E-state index < -0.39 is 16.6 Å². The van der Waals surface area contributed by atoms with E-state index >= 15 is 0 Å². The van der Waals surface area contributed by atoms with Crippen molar-refractivity contribution in [1.29, 1.82) is 0 Å². The molecule has 0 spiro atoms. The molecule has 40 heavy (non-hydrogen) atoms. The second-order valence-electron chi connectivity index (χ2n) is 12.0. The summed E-state index contributed by atoms with van der Waals surface area (Å²) >= 11 is 6.10. The average Bonchev–Trinajstić information content (AvgIpc) is 3.10. The van der Waals surface area contributed by atoms with Gasteiger partial charge in [0.05, 0.1) is 18.2 Å². The Kier molecular flexibility index (Phi) is 8.03. The predicted octanol–water partition coefficient (Wildman–Crippen LogP) is 5.72. The quantitative estimate of drug-likeness (QED) is 0.420. The summed E-state index contributed by atoms with van der Waals surface area (Å²) in [6.45, 7) is 7.85. The van der Waals surface area contributed by atoms with Gasteiger partial charge < -0.3 is 19.8 Å². The number of aliphatic hydroxyl groups excluding tert-OH is 1. The number of aliphatic imine (C=N–C) groups is 1. The molecule has 3 heterocycles. The first-order valence-electron chi connectivity index (χ1n) is 13.9.